The first-order valence-corrected chi connectivity index (χ1v) is 12.3. The highest BCUT2D eigenvalue weighted by atomic mass is 32.2. The summed E-state index contributed by atoms with van der Waals surface area (Å²) >= 11 is 0. The van der Waals surface area contributed by atoms with Crippen molar-refractivity contribution in [2.45, 2.75) is 24.7 Å². The SMILES string of the molecule is CCOc1ccc(N2CCCCS2(=O)=O)cc1S(=O)(=O)Nc1ccccc1OC. The minimum atomic E-state index is -4.07. The number of nitrogens with zero attached hydrogens (tertiary/aromatic N) is 1. The summed E-state index contributed by atoms with van der Waals surface area (Å²) in [5.74, 6) is 0.554. The van der Waals surface area contributed by atoms with Crippen LogP contribution in [-0.4, -0.2) is 42.8 Å². The van der Waals surface area contributed by atoms with Gasteiger partial charge in [-0.3, -0.25) is 9.03 Å². The van der Waals surface area contributed by atoms with Crippen molar-refractivity contribution in [1.29, 1.82) is 0 Å². The Labute approximate surface area is 171 Å². The summed E-state index contributed by atoms with van der Waals surface area (Å²) in [6, 6.07) is 11.0. The van der Waals surface area contributed by atoms with Crippen LogP contribution in [0.1, 0.15) is 19.8 Å². The quantitative estimate of drug-likeness (QED) is 0.710. The van der Waals surface area contributed by atoms with Crippen molar-refractivity contribution in [3.05, 3.63) is 42.5 Å². The minimum absolute atomic E-state index is 0.0434. The third kappa shape index (κ3) is 4.59. The van der Waals surface area contributed by atoms with Crippen LogP contribution in [0.2, 0.25) is 0 Å². The molecule has 0 amide bonds. The van der Waals surface area contributed by atoms with E-state index in [0.717, 1.165) is 0 Å². The van der Waals surface area contributed by atoms with E-state index in [2.05, 4.69) is 4.72 Å². The van der Waals surface area contributed by atoms with Gasteiger partial charge >= 0.3 is 0 Å². The molecule has 0 spiro atoms. The molecule has 1 heterocycles. The predicted octanol–water partition coefficient (Wildman–Crippen LogP) is 2.82. The van der Waals surface area contributed by atoms with Crippen molar-refractivity contribution in [3.63, 3.8) is 0 Å². The van der Waals surface area contributed by atoms with Crippen LogP contribution in [0.4, 0.5) is 11.4 Å². The normalized spacial score (nSPS) is 16.3. The molecule has 0 radical (unpaired) electrons. The predicted molar refractivity (Wildman–Crippen MR) is 112 cm³/mol. The first kappa shape index (κ1) is 21.3. The fraction of sp³-hybridized carbons (Fsp3) is 0.368. The van der Waals surface area contributed by atoms with Crippen LogP contribution in [0.15, 0.2) is 47.4 Å². The van der Waals surface area contributed by atoms with E-state index in [1.807, 2.05) is 0 Å². The van der Waals surface area contributed by atoms with Crippen LogP contribution in [0.3, 0.4) is 0 Å². The third-order valence-electron chi connectivity index (χ3n) is 4.51. The lowest BCUT2D eigenvalue weighted by Gasteiger charge is -2.29. The zero-order valence-corrected chi connectivity index (χ0v) is 17.9. The molecule has 10 heteroatoms. The van der Waals surface area contributed by atoms with Crippen molar-refractivity contribution in [2.75, 3.05) is 35.0 Å². The second-order valence-corrected chi connectivity index (χ2v) is 10.1. The summed E-state index contributed by atoms with van der Waals surface area (Å²) < 4.78 is 65.6. The summed E-state index contributed by atoms with van der Waals surface area (Å²) in [7, 11) is -6.10. The van der Waals surface area contributed by atoms with Gasteiger partial charge < -0.3 is 9.47 Å². The minimum Gasteiger partial charge on any atom is -0.495 e. The van der Waals surface area contributed by atoms with Crippen LogP contribution in [0, 0.1) is 0 Å². The smallest absolute Gasteiger partial charge is 0.265 e. The van der Waals surface area contributed by atoms with Gasteiger partial charge in [-0.25, -0.2) is 16.8 Å². The lowest BCUT2D eigenvalue weighted by Crippen LogP contribution is -2.37. The number of rotatable bonds is 7. The Kier molecular flexibility index (Phi) is 6.23. The van der Waals surface area contributed by atoms with E-state index in [9.17, 15) is 16.8 Å². The Morgan fingerprint density at radius 1 is 1.10 bits per heavy atom. The summed E-state index contributed by atoms with van der Waals surface area (Å²) in [6.07, 6.45) is 1.31. The molecule has 158 valence electrons. The molecule has 1 N–H and O–H groups in total. The third-order valence-corrected chi connectivity index (χ3v) is 7.76. The highest BCUT2D eigenvalue weighted by Gasteiger charge is 2.29. The van der Waals surface area contributed by atoms with Crippen molar-refractivity contribution in [3.8, 4) is 11.5 Å². The van der Waals surface area contributed by atoms with Gasteiger partial charge in [0.05, 0.1) is 30.8 Å². The molecule has 0 unspecified atom stereocenters. The first-order chi connectivity index (χ1) is 13.8. The van der Waals surface area contributed by atoms with Gasteiger partial charge in [0.15, 0.2) is 0 Å². The maximum Gasteiger partial charge on any atom is 0.265 e. The molecule has 0 aromatic heterocycles. The number of benzene rings is 2. The Hall–Kier alpha value is -2.46. The van der Waals surface area contributed by atoms with E-state index >= 15 is 0 Å². The maximum atomic E-state index is 13.1. The standard InChI is InChI=1S/C19H24N2O6S2/c1-3-27-18-11-10-15(21-12-6-7-13-28(21,22)23)14-19(18)29(24,25)20-16-8-4-5-9-17(16)26-2/h4-5,8-11,14,20H,3,6-7,12-13H2,1-2H3. The van der Waals surface area contributed by atoms with Crippen LogP contribution >= 0.6 is 0 Å². The lowest BCUT2D eigenvalue weighted by molar-refractivity contribution is 0.331. The highest BCUT2D eigenvalue weighted by Crippen LogP contribution is 2.34. The van der Waals surface area contributed by atoms with Gasteiger partial charge in [0.1, 0.15) is 16.4 Å². The number of anilines is 2. The number of methoxy groups -OCH3 is 1. The fourth-order valence-corrected chi connectivity index (χ4v) is 6.01. The molecule has 1 aliphatic rings. The molecule has 0 atom stereocenters. The van der Waals surface area contributed by atoms with E-state index in [4.69, 9.17) is 9.47 Å². The highest BCUT2D eigenvalue weighted by molar-refractivity contribution is 7.93. The lowest BCUT2D eigenvalue weighted by atomic mass is 10.2. The summed E-state index contributed by atoms with van der Waals surface area (Å²) in [6.45, 7) is 2.32. The maximum absolute atomic E-state index is 13.1. The summed E-state index contributed by atoms with van der Waals surface area (Å²) in [4.78, 5) is -0.136. The van der Waals surface area contributed by atoms with Crippen molar-refractivity contribution in [1.82, 2.24) is 0 Å². The first-order valence-electron chi connectivity index (χ1n) is 9.21. The van der Waals surface area contributed by atoms with Crippen molar-refractivity contribution >= 4 is 31.4 Å². The molecule has 0 bridgehead atoms. The number of para-hydroxylation sites is 2. The molecular weight excluding hydrogens is 416 g/mol. The second kappa shape index (κ2) is 8.50. The number of hydrogen-bond donors (Lipinski definition) is 1. The molecule has 0 aliphatic carbocycles. The van der Waals surface area contributed by atoms with E-state index in [1.54, 1.807) is 37.3 Å². The molecular formula is C19H24N2O6S2. The Morgan fingerprint density at radius 2 is 1.86 bits per heavy atom. The van der Waals surface area contributed by atoms with Crippen molar-refractivity contribution < 1.29 is 26.3 Å². The van der Waals surface area contributed by atoms with Gasteiger partial charge in [-0.15, -0.1) is 0 Å². The molecule has 2 aromatic rings. The number of sulfonamides is 2. The summed E-state index contributed by atoms with van der Waals surface area (Å²) in [5, 5.41) is 0. The van der Waals surface area contributed by atoms with Gasteiger partial charge in [0.2, 0.25) is 10.0 Å². The Morgan fingerprint density at radius 3 is 2.55 bits per heavy atom. The molecule has 2 aromatic carbocycles. The zero-order valence-electron chi connectivity index (χ0n) is 16.3. The topological polar surface area (TPSA) is 102 Å². The average molecular weight is 441 g/mol. The largest absolute Gasteiger partial charge is 0.495 e. The van der Waals surface area contributed by atoms with E-state index < -0.39 is 20.0 Å². The van der Waals surface area contributed by atoms with Crippen LogP contribution < -0.4 is 18.5 Å². The fourth-order valence-electron chi connectivity index (χ4n) is 3.14. The van der Waals surface area contributed by atoms with E-state index in [1.165, 1.54) is 23.5 Å². The number of hydrogen-bond acceptors (Lipinski definition) is 6. The molecule has 1 fully saturated rings. The summed E-state index contributed by atoms with van der Waals surface area (Å²) in [5.41, 5.74) is 0.571. The van der Waals surface area contributed by atoms with Crippen LogP contribution in [-0.2, 0) is 20.0 Å². The van der Waals surface area contributed by atoms with E-state index in [-0.39, 0.29) is 28.7 Å². The zero-order chi connectivity index (χ0) is 21.1. The van der Waals surface area contributed by atoms with Gasteiger partial charge in [-0.1, -0.05) is 12.1 Å². The van der Waals surface area contributed by atoms with Gasteiger partial charge in [-0.2, -0.15) is 0 Å². The Balaban J connectivity index is 2.06. The number of nitrogens with one attached hydrogen (secondary N) is 1. The molecule has 0 saturated carbocycles. The molecule has 1 saturated heterocycles. The van der Waals surface area contributed by atoms with Gasteiger partial charge in [0.25, 0.3) is 10.0 Å². The van der Waals surface area contributed by atoms with Gasteiger partial charge in [0, 0.05) is 6.54 Å². The van der Waals surface area contributed by atoms with Gasteiger partial charge in [-0.05, 0) is 50.1 Å². The monoisotopic (exact) mass is 440 g/mol. The average Bonchev–Trinajstić information content (AvgIpc) is 2.68. The molecule has 3 rings (SSSR count). The van der Waals surface area contributed by atoms with Crippen molar-refractivity contribution in [2.24, 2.45) is 0 Å². The molecule has 1 aliphatic heterocycles. The second-order valence-electron chi connectivity index (χ2n) is 6.47. The number of ether oxygens (including phenoxy) is 2. The van der Waals surface area contributed by atoms with E-state index in [0.29, 0.717) is 30.8 Å². The molecule has 8 nitrogen and oxygen atoms in total. The van der Waals surface area contributed by atoms with Crippen LogP contribution in [0.25, 0.3) is 0 Å². The Bertz CT molecular complexity index is 1080. The van der Waals surface area contributed by atoms with Crippen LogP contribution in [0.5, 0.6) is 11.5 Å². The molecule has 29 heavy (non-hydrogen) atoms.